The number of carbonyl (C=O) groups is 2. The Kier molecular flexibility index (Phi) is 3.66. The van der Waals surface area contributed by atoms with Crippen molar-refractivity contribution >= 4 is 44.6 Å². The van der Waals surface area contributed by atoms with Crippen LogP contribution in [0.2, 0.25) is 0 Å². The molecule has 1 aliphatic rings. The Morgan fingerprint density at radius 3 is 2.00 bits per heavy atom. The predicted molar refractivity (Wildman–Crippen MR) is 102 cm³/mol. The minimum absolute atomic E-state index is 0.206. The average molecular weight is 393 g/mol. The highest BCUT2D eigenvalue weighted by atomic mass is 79.9. The van der Waals surface area contributed by atoms with Crippen LogP contribution in [0.3, 0.4) is 0 Å². The lowest BCUT2D eigenvalue weighted by atomic mass is 9.82. The number of anilines is 3. The van der Waals surface area contributed by atoms with Crippen molar-refractivity contribution in [3.8, 4) is 0 Å². The molecular weight excluding hydrogens is 380 g/mol. The number of nitrogens with two attached hydrogens (primary N) is 1. The molecule has 0 aliphatic heterocycles. The molecule has 0 amide bonds. The molecule has 0 saturated carbocycles. The van der Waals surface area contributed by atoms with Gasteiger partial charge in [0, 0.05) is 21.3 Å². The second-order valence-electron chi connectivity index (χ2n) is 5.76. The molecule has 0 atom stereocenters. The maximum absolute atomic E-state index is 13.1. The van der Waals surface area contributed by atoms with Gasteiger partial charge in [0.25, 0.3) is 0 Å². The number of ketones is 2. The number of hydrogen-bond donors (Lipinski definition) is 2. The number of para-hydroxylation sites is 1. The monoisotopic (exact) mass is 392 g/mol. The van der Waals surface area contributed by atoms with E-state index in [0.29, 0.717) is 26.9 Å². The zero-order chi connectivity index (χ0) is 17.6. The first-order chi connectivity index (χ1) is 12.1. The molecule has 0 heterocycles. The molecule has 0 bridgehead atoms. The van der Waals surface area contributed by atoms with Gasteiger partial charge >= 0.3 is 0 Å². The van der Waals surface area contributed by atoms with Gasteiger partial charge in [-0.1, -0.05) is 42.5 Å². The Bertz CT molecular complexity index is 1030. The summed E-state index contributed by atoms with van der Waals surface area (Å²) in [7, 11) is 0. The van der Waals surface area contributed by atoms with Crippen molar-refractivity contribution < 1.29 is 9.59 Å². The van der Waals surface area contributed by atoms with Crippen molar-refractivity contribution in [2.75, 3.05) is 11.1 Å². The molecule has 3 aromatic carbocycles. The van der Waals surface area contributed by atoms with Crippen LogP contribution >= 0.6 is 15.9 Å². The molecule has 3 N–H and O–H groups in total. The fourth-order valence-electron chi connectivity index (χ4n) is 3.06. The third-order valence-corrected chi connectivity index (χ3v) is 4.90. The Hall–Kier alpha value is -2.92. The van der Waals surface area contributed by atoms with E-state index >= 15 is 0 Å². The highest BCUT2D eigenvalue weighted by Gasteiger charge is 2.34. The van der Waals surface area contributed by atoms with Gasteiger partial charge in [-0.15, -0.1) is 0 Å². The summed E-state index contributed by atoms with van der Waals surface area (Å²) >= 11 is 3.40. The molecule has 0 fully saturated rings. The van der Waals surface area contributed by atoms with Gasteiger partial charge in [-0.3, -0.25) is 9.59 Å². The topological polar surface area (TPSA) is 72.2 Å². The number of fused-ring (bicyclic) bond motifs is 2. The van der Waals surface area contributed by atoms with Crippen molar-refractivity contribution in [1.82, 2.24) is 0 Å². The quantitative estimate of drug-likeness (QED) is 0.490. The van der Waals surface area contributed by atoms with E-state index in [4.69, 9.17) is 5.73 Å². The minimum Gasteiger partial charge on any atom is -0.397 e. The molecule has 0 aromatic heterocycles. The van der Waals surface area contributed by atoms with Gasteiger partial charge in [0.15, 0.2) is 11.6 Å². The van der Waals surface area contributed by atoms with Crippen LogP contribution in [0, 0.1) is 0 Å². The molecule has 0 spiro atoms. The van der Waals surface area contributed by atoms with Crippen LogP contribution in [0.25, 0.3) is 0 Å². The van der Waals surface area contributed by atoms with Crippen LogP contribution in [0.5, 0.6) is 0 Å². The zero-order valence-electron chi connectivity index (χ0n) is 13.0. The molecule has 3 aromatic rings. The molecule has 4 rings (SSSR count). The van der Waals surface area contributed by atoms with Gasteiger partial charge in [0.05, 0.1) is 22.5 Å². The van der Waals surface area contributed by atoms with E-state index in [2.05, 4.69) is 21.2 Å². The summed E-state index contributed by atoms with van der Waals surface area (Å²) in [5.74, 6) is -0.442. The lowest BCUT2D eigenvalue weighted by molar-refractivity contribution is 0.0980. The first kappa shape index (κ1) is 15.6. The number of rotatable bonds is 2. The standard InChI is InChI=1S/C20H13BrN2O2/c21-14-10-15(23-11-6-2-1-3-7-11)16-17(18(14)22)20(25)13-9-5-4-8-12(13)19(16)24/h1-10,23H,22H2. The lowest BCUT2D eigenvalue weighted by Crippen LogP contribution is -2.23. The van der Waals surface area contributed by atoms with E-state index in [1.165, 1.54) is 0 Å². The molecule has 5 heteroatoms. The third kappa shape index (κ3) is 2.44. The lowest BCUT2D eigenvalue weighted by Gasteiger charge is -2.23. The molecule has 25 heavy (non-hydrogen) atoms. The van der Waals surface area contributed by atoms with Gasteiger partial charge in [0.1, 0.15) is 0 Å². The minimum atomic E-state index is -0.236. The Morgan fingerprint density at radius 1 is 0.800 bits per heavy atom. The maximum atomic E-state index is 13.1. The molecule has 1 aliphatic carbocycles. The first-order valence-corrected chi connectivity index (χ1v) is 8.49. The van der Waals surface area contributed by atoms with Gasteiger partial charge < -0.3 is 11.1 Å². The Labute approximate surface area is 152 Å². The van der Waals surface area contributed by atoms with Crippen molar-refractivity contribution in [2.24, 2.45) is 0 Å². The largest absolute Gasteiger partial charge is 0.397 e. The van der Waals surface area contributed by atoms with Crippen LogP contribution in [-0.4, -0.2) is 11.6 Å². The molecule has 0 unspecified atom stereocenters. The Balaban J connectivity index is 1.96. The van der Waals surface area contributed by atoms with Gasteiger partial charge in [0.2, 0.25) is 0 Å². The summed E-state index contributed by atoms with van der Waals surface area (Å²) in [4.78, 5) is 26.0. The van der Waals surface area contributed by atoms with E-state index in [0.717, 1.165) is 5.69 Å². The number of carbonyl (C=O) groups excluding carboxylic acids is 2. The van der Waals surface area contributed by atoms with Gasteiger partial charge in [-0.05, 0) is 34.1 Å². The number of halogens is 1. The second kappa shape index (κ2) is 5.86. The summed E-state index contributed by atoms with van der Waals surface area (Å²) in [6.07, 6.45) is 0. The van der Waals surface area contributed by atoms with Crippen LogP contribution in [0.4, 0.5) is 17.1 Å². The van der Waals surface area contributed by atoms with E-state index in [9.17, 15) is 9.59 Å². The van der Waals surface area contributed by atoms with Crippen LogP contribution in [0.1, 0.15) is 31.8 Å². The number of hydrogen-bond acceptors (Lipinski definition) is 4. The summed E-state index contributed by atoms with van der Waals surface area (Å²) in [5, 5.41) is 3.22. The predicted octanol–water partition coefficient (Wildman–Crippen LogP) is 4.55. The third-order valence-electron chi connectivity index (χ3n) is 4.24. The maximum Gasteiger partial charge on any atom is 0.196 e. The smallest absolute Gasteiger partial charge is 0.196 e. The Morgan fingerprint density at radius 2 is 1.36 bits per heavy atom. The molecule has 122 valence electrons. The van der Waals surface area contributed by atoms with E-state index in [1.54, 1.807) is 30.3 Å². The fourth-order valence-corrected chi connectivity index (χ4v) is 3.49. The zero-order valence-corrected chi connectivity index (χ0v) is 14.6. The highest BCUT2D eigenvalue weighted by molar-refractivity contribution is 9.10. The number of nitrogen functional groups attached to an aromatic ring is 1. The van der Waals surface area contributed by atoms with Crippen molar-refractivity contribution in [3.63, 3.8) is 0 Å². The SMILES string of the molecule is Nc1c(Br)cc(Nc2ccccc2)c2c1C(=O)c1ccccc1C2=O. The normalized spacial score (nSPS) is 12.5. The average Bonchev–Trinajstić information content (AvgIpc) is 2.63. The van der Waals surface area contributed by atoms with Gasteiger partial charge in [-0.25, -0.2) is 0 Å². The van der Waals surface area contributed by atoms with Crippen molar-refractivity contribution in [3.05, 3.63) is 87.4 Å². The van der Waals surface area contributed by atoms with E-state index in [-0.39, 0.29) is 22.8 Å². The summed E-state index contributed by atoms with van der Waals surface area (Å²) in [6.45, 7) is 0. The highest BCUT2D eigenvalue weighted by Crippen LogP contribution is 2.40. The van der Waals surface area contributed by atoms with E-state index < -0.39 is 0 Å². The summed E-state index contributed by atoms with van der Waals surface area (Å²) in [6, 6.07) is 18.0. The van der Waals surface area contributed by atoms with Crippen molar-refractivity contribution in [1.29, 1.82) is 0 Å². The summed E-state index contributed by atoms with van der Waals surface area (Å²) in [5.41, 5.74) is 9.12. The van der Waals surface area contributed by atoms with Crippen LogP contribution in [-0.2, 0) is 0 Å². The molecule has 0 saturated heterocycles. The first-order valence-electron chi connectivity index (χ1n) is 7.70. The molecule has 4 nitrogen and oxygen atoms in total. The number of nitrogens with one attached hydrogen (secondary N) is 1. The molecular formula is C20H13BrN2O2. The van der Waals surface area contributed by atoms with Crippen LogP contribution < -0.4 is 11.1 Å². The van der Waals surface area contributed by atoms with E-state index in [1.807, 2.05) is 30.3 Å². The number of benzene rings is 3. The summed E-state index contributed by atoms with van der Waals surface area (Å²) < 4.78 is 0.574. The van der Waals surface area contributed by atoms with Gasteiger partial charge in [-0.2, -0.15) is 0 Å². The fraction of sp³-hybridized carbons (Fsp3) is 0. The van der Waals surface area contributed by atoms with Crippen LogP contribution in [0.15, 0.2) is 65.1 Å². The van der Waals surface area contributed by atoms with Crippen molar-refractivity contribution in [2.45, 2.75) is 0 Å². The second-order valence-corrected chi connectivity index (χ2v) is 6.62. The molecule has 0 radical (unpaired) electrons.